The summed E-state index contributed by atoms with van der Waals surface area (Å²) in [5.74, 6) is -2.62. The molecule has 43 heavy (non-hydrogen) atoms. The minimum atomic E-state index is -2.43. The van der Waals surface area contributed by atoms with Crippen LogP contribution in [0.3, 0.4) is 0 Å². The van der Waals surface area contributed by atoms with Gasteiger partial charge in [-0.25, -0.2) is 0 Å². The standard InChI is InChI=1S/C37H50O6/c1-20-19-35(7)23(4)36(8)21(2)25-16-17-26(34(5,6)18-12-15-24-13-10-9-11-14-24)30(39)28(25)31(40)29(36)33(42)37(35,43)32(41)27(20)22(3)38/h16-17,21,23-24,39,42-43H,9-15,18-19H2,1-8H3/t21-,23+,35+,36-,37+/m1/s1. The van der Waals surface area contributed by atoms with Crippen molar-refractivity contribution in [2.24, 2.45) is 22.7 Å². The summed E-state index contributed by atoms with van der Waals surface area (Å²) >= 11 is 0. The Morgan fingerprint density at radius 3 is 2.28 bits per heavy atom. The van der Waals surface area contributed by atoms with E-state index in [4.69, 9.17) is 0 Å². The lowest BCUT2D eigenvalue weighted by Crippen LogP contribution is -2.67. The van der Waals surface area contributed by atoms with Gasteiger partial charge in [0.25, 0.3) is 0 Å². The van der Waals surface area contributed by atoms with E-state index in [-0.39, 0.29) is 40.2 Å². The molecule has 6 nitrogen and oxygen atoms in total. The Hall–Kier alpha value is -2.73. The molecule has 5 atom stereocenters. The highest BCUT2D eigenvalue weighted by molar-refractivity contribution is 6.25. The Balaban J connectivity index is 1.60. The van der Waals surface area contributed by atoms with Crippen LogP contribution in [0.15, 0.2) is 34.6 Å². The topological polar surface area (TPSA) is 112 Å². The number of carbonyl (C=O) groups excluding carboxylic acids is 3. The summed E-state index contributed by atoms with van der Waals surface area (Å²) in [6.45, 7) is 14.8. The van der Waals surface area contributed by atoms with Gasteiger partial charge >= 0.3 is 0 Å². The second-order valence-corrected chi connectivity index (χ2v) is 15.3. The van der Waals surface area contributed by atoms with Crippen molar-refractivity contribution >= 4 is 17.3 Å². The van der Waals surface area contributed by atoms with Crippen LogP contribution in [-0.4, -0.2) is 38.3 Å². The van der Waals surface area contributed by atoms with Gasteiger partial charge in [-0.05, 0) is 55.4 Å². The highest BCUT2D eigenvalue weighted by Crippen LogP contribution is 2.68. The van der Waals surface area contributed by atoms with Crippen molar-refractivity contribution in [2.45, 2.75) is 130 Å². The summed E-state index contributed by atoms with van der Waals surface area (Å²) in [6, 6.07) is 3.91. The molecule has 0 unspecified atom stereocenters. The van der Waals surface area contributed by atoms with E-state index in [2.05, 4.69) is 13.8 Å². The minimum Gasteiger partial charge on any atom is -0.508 e. The molecule has 1 aromatic rings. The van der Waals surface area contributed by atoms with Crippen LogP contribution < -0.4 is 0 Å². The number of aliphatic hydroxyl groups excluding tert-OH is 1. The van der Waals surface area contributed by atoms with Crippen LogP contribution in [0.1, 0.15) is 141 Å². The first-order valence-corrected chi connectivity index (χ1v) is 16.3. The van der Waals surface area contributed by atoms with Crippen molar-refractivity contribution in [3.05, 3.63) is 51.3 Å². The Labute approximate surface area is 256 Å². The van der Waals surface area contributed by atoms with Gasteiger partial charge in [-0.3, -0.25) is 14.4 Å². The first-order chi connectivity index (χ1) is 20.0. The van der Waals surface area contributed by atoms with Crippen molar-refractivity contribution in [2.75, 3.05) is 0 Å². The van der Waals surface area contributed by atoms with Gasteiger partial charge in [0.1, 0.15) is 11.5 Å². The number of hydrogen-bond donors (Lipinski definition) is 3. The third-order valence-corrected chi connectivity index (χ3v) is 12.7. The van der Waals surface area contributed by atoms with Gasteiger partial charge in [-0.2, -0.15) is 0 Å². The highest BCUT2D eigenvalue weighted by Gasteiger charge is 2.71. The molecule has 4 aliphatic carbocycles. The van der Waals surface area contributed by atoms with E-state index in [1.807, 2.05) is 32.9 Å². The van der Waals surface area contributed by atoms with Gasteiger partial charge in [0, 0.05) is 22.0 Å². The largest absolute Gasteiger partial charge is 0.508 e. The molecule has 0 saturated heterocycles. The van der Waals surface area contributed by atoms with Crippen LogP contribution in [0, 0.1) is 22.7 Å². The van der Waals surface area contributed by atoms with Gasteiger partial charge in [-0.15, -0.1) is 0 Å². The van der Waals surface area contributed by atoms with E-state index in [1.165, 1.54) is 45.4 Å². The number of fused-ring (bicyclic) bond motifs is 3. The molecule has 3 N–H and O–H groups in total. The van der Waals surface area contributed by atoms with Crippen LogP contribution >= 0.6 is 0 Å². The number of Topliss-reactive ketones (excluding diaryl/α,β-unsaturated/α-hetero) is 3. The molecule has 4 aliphatic rings. The number of hydrogen-bond acceptors (Lipinski definition) is 6. The lowest BCUT2D eigenvalue weighted by Gasteiger charge is -2.62. The molecule has 0 spiro atoms. The number of aliphatic hydroxyl groups is 2. The van der Waals surface area contributed by atoms with E-state index in [9.17, 15) is 29.7 Å². The Bertz CT molecular complexity index is 1460. The number of phenolic OH excluding ortho intramolecular Hbond substituents is 1. The molecule has 1 saturated carbocycles. The van der Waals surface area contributed by atoms with Gasteiger partial charge in [0.05, 0.1) is 11.1 Å². The van der Waals surface area contributed by atoms with Crippen molar-refractivity contribution in [1.29, 1.82) is 0 Å². The maximum atomic E-state index is 14.5. The lowest BCUT2D eigenvalue weighted by molar-refractivity contribution is -0.169. The number of phenols is 1. The monoisotopic (exact) mass is 590 g/mol. The maximum absolute atomic E-state index is 14.5. The van der Waals surface area contributed by atoms with E-state index < -0.39 is 45.5 Å². The molecule has 1 aromatic carbocycles. The average molecular weight is 591 g/mol. The summed E-state index contributed by atoms with van der Waals surface area (Å²) < 4.78 is 0. The van der Waals surface area contributed by atoms with Gasteiger partial charge in [0.15, 0.2) is 17.2 Å². The Kier molecular flexibility index (Phi) is 7.68. The lowest BCUT2D eigenvalue weighted by atomic mass is 9.41. The van der Waals surface area contributed by atoms with Crippen molar-refractivity contribution in [1.82, 2.24) is 0 Å². The average Bonchev–Trinajstić information content (AvgIpc) is 2.93. The quantitative estimate of drug-likeness (QED) is 0.292. The zero-order chi connectivity index (χ0) is 31.9. The fourth-order valence-corrected chi connectivity index (χ4v) is 9.61. The van der Waals surface area contributed by atoms with E-state index in [0.717, 1.165) is 18.8 Å². The van der Waals surface area contributed by atoms with Gasteiger partial charge in [0.2, 0.25) is 5.78 Å². The summed E-state index contributed by atoms with van der Waals surface area (Å²) in [5, 5.41) is 35.9. The van der Waals surface area contributed by atoms with Crippen molar-refractivity contribution in [3.8, 4) is 5.75 Å². The predicted octanol–water partition coefficient (Wildman–Crippen LogP) is 7.80. The second kappa shape index (κ2) is 10.4. The number of carbonyl (C=O) groups is 3. The Morgan fingerprint density at radius 2 is 1.67 bits per heavy atom. The molecule has 0 bridgehead atoms. The van der Waals surface area contributed by atoms with Crippen LogP contribution in [-0.2, 0) is 15.0 Å². The highest BCUT2D eigenvalue weighted by atomic mass is 16.3. The zero-order valence-corrected chi connectivity index (χ0v) is 27.3. The maximum Gasteiger partial charge on any atom is 0.206 e. The summed E-state index contributed by atoms with van der Waals surface area (Å²) in [7, 11) is 0. The third kappa shape index (κ3) is 4.25. The molecule has 0 radical (unpaired) electrons. The fraction of sp³-hybridized carbons (Fsp3) is 0.649. The summed E-state index contributed by atoms with van der Waals surface area (Å²) in [5.41, 5.74) is -2.93. The molecular weight excluding hydrogens is 540 g/mol. The van der Waals surface area contributed by atoms with Crippen LogP contribution in [0.5, 0.6) is 5.75 Å². The van der Waals surface area contributed by atoms with Crippen molar-refractivity contribution < 1.29 is 29.7 Å². The predicted molar refractivity (Wildman–Crippen MR) is 167 cm³/mol. The van der Waals surface area contributed by atoms with Gasteiger partial charge < -0.3 is 15.3 Å². The number of benzene rings is 1. The molecule has 0 aliphatic heterocycles. The zero-order valence-electron chi connectivity index (χ0n) is 27.3. The molecule has 6 heteroatoms. The molecule has 0 amide bonds. The first kappa shape index (κ1) is 31.7. The summed E-state index contributed by atoms with van der Waals surface area (Å²) in [6.07, 6.45) is 9.86. The molecule has 0 aromatic heterocycles. The molecule has 234 valence electrons. The number of allylic oxidation sites excluding steroid dienone is 2. The van der Waals surface area contributed by atoms with E-state index >= 15 is 0 Å². The number of rotatable bonds is 6. The van der Waals surface area contributed by atoms with E-state index in [1.54, 1.807) is 13.8 Å². The van der Waals surface area contributed by atoms with Gasteiger partial charge in [-0.1, -0.05) is 104 Å². The molecule has 5 rings (SSSR count). The van der Waals surface area contributed by atoms with Crippen LogP contribution in [0.4, 0.5) is 0 Å². The fourth-order valence-electron chi connectivity index (χ4n) is 9.61. The van der Waals surface area contributed by atoms with E-state index in [0.29, 0.717) is 16.7 Å². The smallest absolute Gasteiger partial charge is 0.206 e. The number of aromatic hydroxyl groups is 1. The third-order valence-electron chi connectivity index (χ3n) is 12.7. The molecule has 1 fully saturated rings. The molecule has 0 heterocycles. The summed E-state index contributed by atoms with van der Waals surface area (Å²) in [4.78, 5) is 40.9. The molecular formula is C37H50O6. The second-order valence-electron chi connectivity index (χ2n) is 15.3. The SMILES string of the molecule is CC(=O)C1=C(C)C[C@@]2(C)[C@H](C)[C@]3(C)C(=C(O)[C@@]2(O)C1=O)C(=O)c1c(ccc(C(C)(C)CCCC2CCCCC2)c1O)[C@H]3C. The van der Waals surface area contributed by atoms with Crippen LogP contribution in [0.2, 0.25) is 0 Å². The first-order valence-electron chi connectivity index (χ1n) is 16.3. The number of ketones is 3. The minimum absolute atomic E-state index is 0.0293. The normalized spacial score (nSPS) is 33.3. The van der Waals surface area contributed by atoms with Crippen LogP contribution in [0.25, 0.3) is 0 Å². The Morgan fingerprint density at radius 1 is 1.05 bits per heavy atom. The van der Waals surface area contributed by atoms with Crippen molar-refractivity contribution in [3.63, 3.8) is 0 Å².